The molecule has 0 aliphatic heterocycles. The Morgan fingerprint density at radius 1 is 1.40 bits per heavy atom. The number of nitrogens with zero attached hydrogens (tertiary/aromatic N) is 3. The molecular formula is C11H18N4O4S. The molecule has 1 rings (SSSR count). The Hall–Kier alpha value is -1.90. The lowest BCUT2D eigenvalue weighted by atomic mass is 10.4. The molecule has 1 aromatic rings. The molecular weight excluding hydrogens is 284 g/mol. The minimum absolute atomic E-state index is 0.125. The Morgan fingerprint density at radius 3 is 2.50 bits per heavy atom. The summed E-state index contributed by atoms with van der Waals surface area (Å²) in [5, 5.41) is -1.24. The van der Waals surface area contributed by atoms with Crippen molar-refractivity contribution in [3.63, 3.8) is 0 Å². The molecule has 0 bridgehead atoms. The first kappa shape index (κ1) is 16.2. The molecule has 0 fully saturated rings. The van der Waals surface area contributed by atoms with Crippen LogP contribution in [0.25, 0.3) is 0 Å². The van der Waals surface area contributed by atoms with Crippen LogP contribution in [0.5, 0.6) is 5.88 Å². The molecule has 9 heteroatoms. The Bertz CT molecular complexity index is 600. The normalized spacial score (nSPS) is 12.7. The summed E-state index contributed by atoms with van der Waals surface area (Å²) in [5.41, 5.74) is 0.543. The first-order chi connectivity index (χ1) is 9.17. The second-order valence-corrected chi connectivity index (χ2v) is 6.40. The number of aromatic nitrogens is 2. The topological polar surface area (TPSA) is 101 Å². The van der Waals surface area contributed by atoms with Crippen molar-refractivity contribution < 1.29 is 17.9 Å². The number of anilines is 1. The van der Waals surface area contributed by atoms with E-state index < -0.39 is 21.2 Å². The SMILES string of the molecule is COc1cc(C)nc(NS(=O)(=O)C(C)C(=O)N(C)C)n1. The van der Waals surface area contributed by atoms with Crippen molar-refractivity contribution in [3.05, 3.63) is 11.8 Å². The van der Waals surface area contributed by atoms with Crippen molar-refractivity contribution in [2.45, 2.75) is 19.1 Å². The number of hydrogen-bond acceptors (Lipinski definition) is 6. The zero-order chi connectivity index (χ0) is 15.5. The van der Waals surface area contributed by atoms with Crippen LogP contribution in [0.15, 0.2) is 6.07 Å². The van der Waals surface area contributed by atoms with E-state index in [0.717, 1.165) is 0 Å². The minimum atomic E-state index is -3.92. The maximum Gasteiger partial charge on any atom is 0.246 e. The molecule has 0 spiro atoms. The van der Waals surface area contributed by atoms with Crippen LogP contribution in [-0.4, -0.2) is 55.6 Å². The molecule has 0 aliphatic carbocycles. The van der Waals surface area contributed by atoms with Crippen LogP contribution in [0.3, 0.4) is 0 Å². The highest BCUT2D eigenvalue weighted by Crippen LogP contribution is 2.14. The summed E-state index contributed by atoms with van der Waals surface area (Å²) >= 11 is 0. The third-order valence-corrected chi connectivity index (χ3v) is 4.13. The van der Waals surface area contributed by atoms with Crippen LogP contribution in [0.2, 0.25) is 0 Å². The summed E-state index contributed by atoms with van der Waals surface area (Å²) in [6.07, 6.45) is 0. The van der Waals surface area contributed by atoms with E-state index in [9.17, 15) is 13.2 Å². The number of ether oxygens (including phenoxy) is 1. The molecule has 1 unspecified atom stereocenters. The Balaban J connectivity index is 3.02. The molecule has 1 aromatic heterocycles. The number of amides is 1. The minimum Gasteiger partial charge on any atom is -0.481 e. The van der Waals surface area contributed by atoms with Gasteiger partial charge in [0.2, 0.25) is 27.8 Å². The number of hydrogen-bond donors (Lipinski definition) is 1. The first-order valence-corrected chi connectivity index (χ1v) is 7.34. The quantitative estimate of drug-likeness (QED) is 0.822. The number of methoxy groups -OCH3 is 1. The predicted molar refractivity (Wildman–Crippen MR) is 74.0 cm³/mol. The third-order valence-electron chi connectivity index (χ3n) is 2.53. The average molecular weight is 302 g/mol. The lowest BCUT2D eigenvalue weighted by molar-refractivity contribution is -0.127. The Kier molecular flexibility index (Phi) is 4.88. The number of carbonyl (C=O) groups excluding carboxylic acids is 1. The average Bonchev–Trinajstić information content (AvgIpc) is 2.35. The number of rotatable bonds is 5. The number of aryl methyl sites for hydroxylation is 1. The molecule has 1 amide bonds. The fraction of sp³-hybridized carbons (Fsp3) is 0.545. The lowest BCUT2D eigenvalue weighted by Gasteiger charge is -2.17. The number of carbonyl (C=O) groups is 1. The molecule has 112 valence electrons. The highest BCUT2D eigenvalue weighted by Gasteiger charge is 2.30. The van der Waals surface area contributed by atoms with Gasteiger partial charge in [0, 0.05) is 25.9 Å². The van der Waals surface area contributed by atoms with E-state index in [4.69, 9.17) is 4.74 Å². The summed E-state index contributed by atoms with van der Waals surface area (Å²) in [5.74, 6) is -0.417. The van der Waals surface area contributed by atoms with E-state index in [2.05, 4.69) is 14.7 Å². The van der Waals surface area contributed by atoms with Crippen molar-refractivity contribution in [2.24, 2.45) is 0 Å². The zero-order valence-corrected chi connectivity index (χ0v) is 12.9. The second-order valence-electron chi connectivity index (χ2n) is 4.40. The monoisotopic (exact) mass is 302 g/mol. The van der Waals surface area contributed by atoms with Crippen LogP contribution >= 0.6 is 0 Å². The summed E-state index contributed by atoms with van der Waals surface area (Å²) < 4.78 is 31.3. The molecule has 0 aliphatic rings. The Morgan fingerprint density at radius 2 is 2.00 bits per heavy atom. The van der Waals surface area contributed by atoms with Crippen molar-refractivity contribution in [1.82, 2.24) is 14.9 Å². The van der Waals surface area contributed by atoms with E-state index in [1.807, 2.05) is 0 Å². The molecule has 8 nitrogen and oxygen atoms in total. The highest BCUT2D eigenvalue weighted by atomic mass is 32.2. The van der Waals surface area contributed by atoms with Crippen LogP contribution in [-0.2, 0) is 14.8 Å². The van der Waals surface area contributed by atoms with Gasteiger partial charge in [0.25, 0.3) is 0 Å². The van der Waals surface area contributed by atoms with Gasteiger partial charge in [-0.3, -0.25) is 9.52 Å². The lowest BCUT2D eigenvalue weighted by Crippen LogP contribution is -2.40. The van der Waals surface area contributed by atoms with Gasteiger partial charge in [0.1, 0.15) is 0 Å². The summed E-state index contributed by atoms with van der Waals surface area (Å²) in [6.45, 7) is 2.98. The van der Waals surface area contributed by atoms with E-state index in [1.165, 1.54) is 33.0 Å². The van der Waals surface area contributed by atoms with Gasteiger partial charge in [-0.05, 0) is 13.8 Å². The molecule has 1 heterocycles. The van der Waals surface area contributed by atoms with Gasteiger partial charge in [-0.15, -0.1) is 0 Å². The highest BCUT2D eigenvalue weighted by molar-refractivity contribution is 7.94. The van der Waals surface area contributed by atoms with Crippen molar-refractivity contribution >= 4 is 21.9 Å². The molecule has 0 saturated carbocycles. The summed E-state index contributed by atoms with van der Waals surface area (Å²) in [4.78, 5) is 20.7. The standard InChI is InChI=1S/C11H18N4O4S/c1-7-6-9(19-5)13-11(12-7)14-20(17,18)8(2)10(16)15(3)4/h6,8H,1-5H3,(H,12,13,14). The Labute approximate surface area is 118 Å². The maximum atomic E-state index is 12.1. The van der Waals surface area contributed by atoms with Gasteiger partial charge in [0.15, 0.2) is 5.25 Å². The molecule has 1 N–H and O–H groups in total. The summed E-state index contributed by atoms with van der Waals surface area (Å²) in [6, 6.07) is 1.56. The number of nitrogens with one attached hydrogen (secondary N) is 1. The second kappa shape index (κ2) is 6.04. The van der Waals surface area contributed by atoms with Crippen molar-refractivity contribution in [1.29, 1.82) is 0 Å². The van der Waals surface area contributed by atoms with Crippen molar-refractivity contribution in [3.8, 4) is 5.88 Å². The van der Waals surface area contributed by atoms with Gasteiger partial charge in [-0.1, -0.05) is 0 Å². The van der Waals surface area contributed by atoms with E-state index >= 15 is 0 Å². The van der Waals surface area contributed by atoms with E-state index in [1.54, 1.807) is 13.0 Å². The largest absolute Gasteiger partial charge is 0.481 e. The van der Waals surface area contributed by atoms with Gasteiger partial charge in [0.05, 0.1) is 7.11 Å². The van der Waals surface area contributed by atoms with Crippen molar-refractivity contribution in [2.75, 3.05) is 25.9 Å². The zero-order valence-electron chi connectivity index (χ0n) is 12.0. The van der Waals surface area contributed by atoms with Gasteiger partial charge in [-0.2, -0.15) is 4.98 Å². The van der Waals surface area contributed by atoms with E-state index in [-0.39, 0.29) is 11.8 Å². The van der Waals surface area contributed by atoms with Gasteiger partial charge >= 0.3 is 0 Å². The van der Waals surface area contributed by atoms with Crippen LogP contribution < -0.4 is 9.46 Å². The van der Waals surface area contributed by atoms with Crippen LogP contribution in [0, 0.1) is 6.92 Å². The smallest absolute Gasteiger partial charge is 0.246 e. The molecule has 20 heavy (non-hydrogen) atoms. The van der Waals surface area contributed by atoms with Crippen LogP contribution in [0.4, 0.5) is 5.95 Å². The van der Waals surface area contributed by atoms with E-state index in [0.29, 0.717) is 5.69 Å². The molecule has 0 aromatic carbocycles. The first-order valence-electron chi connectivity index (χ1n) is 5.80. The van der Waals surface area contributed by atoms with Crippen LogP contribution in [0.1, 0.15) is 12.6 Å². The molecule has 0 saturated heterocycles. The van der Waals surface area contributed by atoms with Gasteiger partial charge in [-0.25, -0.2) is 13.4 Å². The van der Waals surface area contributed by atoms with Gasteiger partial charge < -0.3 is 9.64 Å². The third kappa shape index (κ3) is 3.80. The maximum absolute atomic E-state index is 12.1. The molecule has 0 radical (unpaired) electrons. The molecule has 1 atom stereocenters. The summed E-state index contributed by atoms with van der Waals surface area (Å²) in [7, 11) is 0.467. The fourth-order valence-electron chi connectivity index (χ4n) is 1.40. The fourth-order valence-corrected chi connectivity index (χ4v) is 2.40. The number of sulfonamides is 1. The predicted octanol–water partition coefficient (Wildman–Crippen LogP) is 0.0120.